The zero-order valence-electron chi connectivity index (χ0n) is 13.4. The van der Waals surface area contributed by atoms with Gasteiger partial charge >= 0.3 is 0 Å². The van der Waals surface area contributed by atoms with E-state index in [0.717, 1.165) is 11.3 Å². The summed E-state index contributed by atoms with van der Waals surface area (Å²) in [6.07, 6.45) is 1.53. The van der Waals surface area contributed by atoms with Gasteiger partial charge in [-0.15, -0.1) is 0 Å². The van der Waals surface area contributed by atoms with Crippen molar-refractivity contribution >= 4 is 29.4 Å². The summed E-state index contributed by atoms with van der Waals surface area (Å²) in [5, 5.41) is 7.48. The first-order valence-electron chi connectivity index (χ1n) is 7.15. The molecule has 0 bridgehead atoms. The van der Waals surface area contributed by atoms with Crippen molar-refractivity contribution in [2.45, 2.75) is 0 Å². The molecule has 126 valence electrons. The number of carbonyl (C=O) groups excluding carboxylic acids is 1. The lowest BCUT2D eigenvalue weighted by Gasteiger charge is -2.07. The fourth-order valence-electron chi connectivity index (χ4n) is 1.93. The van der Waals surface area contributed by atoms with Crippen molar-refractivity contribution in [3.63, 3.8) is 0 Å². The maximum Gasteiger partial charge on any atom is 0.259 e. The normalized spacial score (nSPS) is 10.5. The first-order valence-corrected chi connectivity index (χ1v) is 7.53. The van der Waals surface area contributed by atoms with E-state index in [1.165, 1.54) is 6.21 Å². The maximum absolute atomic E-state index is 11.8. The van der Waals surface area contributed by atoms with E-state index in [1.54, 1.807) is 50.6 Å². The summed E-state index contributed by atoms with van der Waals surface area (Å²) >= 11 is 5.87. The van der Waals surface area contributed by atoms with Gasteiger partial charge in [0.1, 0.15) is 0 Å². The van der Waals surface area contributed by atoms with E-state index < -0.39 is 0 Å². The number of anilines is 1. The van der Waals surface area contributed by atoms with Gasteiger partial charge in [0.25, 0.3) is 5.91 Å². The average molecular weight is 348 g/mol. The Balaban J connectivity index is 1.86. The number of nitrogens with zero attached hydrogens (tertiary/aromatic N) is 1. The first-order chi connectivity index (χ1) is 11.6. The van der Waals surface area contributed by atoms with Crippen molar-refractivity contribution in [3.05, 3.63) is 53.1 Å². The average Bonchev–Trinajstić information content (AvgIpc) is 2.60. The maximum atomic E-state index is 11.8. The molecule has 6 nitrogen and oxygen atoms in total. The van der Waals surface area contributed by atoms with E-state index in [-0.39, 0.29) is 12.5 Å². The number of carbonyl (C=O) groups is 1. The van der Waals surface area contributed by atoms with Gasteiger partial charge in [-0.25, -0.2) is 5.43 Å². The van der Waals surface area contributed by atoms with Crippen LogP contribution < -0.4 is 20.2 Å². The lowest BCUT2D eigenvalue weighted by Crippen LogP contribution is -2.25. The number of hydrogen-bond donors (Lipinski definition) is 2. The zero-order chi connectivity index (χ0) is 17.4. The Kier molecular flexibility index (Phi) is 6.45. The van der Waals surface area contributed by atoms with Crippen LogP contribution in [0, 0.1) is 0 Å². The quantitative estimate of drug-likeness (QED) is 0.596. The summed E-state index contributed by atoms with van der Waals surface area (Å²) in [7, 11) is 3.13. The van der Waals surface area contributed by atoms with E-state index in [4.69, 9.17) is 21.1 Å². The highest BCUT2D eigenvalue weighted by molar-refractivity contribution is 6.30. The van der Waals surface area contributed by atoms with Gasteiger partial charge in [-0.05, 0) is 42.0 Å². The van der Waals surface area contributed by atoms with Crippen LogP contribution in [0.1, 0.15) is 5.56 Å². The molecule has 7 heteroatoms. The minimum atomic E-state index is -0.272. The molecule has 2 aromatic rings. The SMILES string of the molecule is COc1ccc(/C=N\NC(=O)CNc2cccc(Cl)c2)cc1OC. The molecule has 0 aliphatic rings. The lowest BCUT2D eigenvalue weighted by molar-refractivity contribution is -0.119. The fraction of sp³-hybridized carbons (Fsp3) is 0.176. The molecule has 0 fully saturated rings. The molecule has 0 saturated heterocycles. The van der Waals surface area contributed by atoms with E-state index in [9.17, 15) is 4.79 Å². The van der Waals surface area contributed by atoms with Crippen LogP contribution in [0.2, 0.25) is 5.02 Å². The third-order valence-electron chi connectivity index (χ3n) is 3.09. The molecule has 0 radical (unpaired) electrons. The predicted octanol–water partition coefficient (Wildman–Crippen LogP) is 2.92. The number of hydrogen-bond acceptors (Lipinski definition) is 5. The molecular formula is C17H18ClN3O3. The van der Waals surface area contributed by atoms with Gasteiger partial charge in [0.05, 0.1) is 27.0 Å². The van der Waals surface area contributed by atoms with E-state index in [1.807, 2.05) is 6.07 Å². The Labute approximate surface area is 145 Å². The first kappa shape index (κ1) is 17.6. The van der Waals surface area contributed by atoms with Crippen LogP contribution in [0.15, 0.2) is 47.6 Å². The van der Waals surface area contributed by atoms with Crippen LogP contribution in [0.25, 0.3) is 0 Å². The van der Waals surface area contributed by atoms with Gasteiger partial charge in [-0.1, -0.05) is 17.7 Å². The highest BCUT2D eigenvalue weighted by atomic mass is 35.5. The monoisotopic (exact) mass is 347 g/mol. The second kappa shape index (κ2) is 8.79. The molecule has 24 heavy (non-hydrogen) atoms. The molecule has 2 N–H and O–H groups in total. The minimum Gasteiger partial charge on any atom is -0.493 e. The molecule has 2 aromatic carbocycles. The number of methoxy groups -OCH3 is 2. The summed E-state index contributed by atoms with van der Waals surface area (Å²) in [5.74, 6) is 0.950. The van der Waals surface area contributed by atoms with Crippen molar-refractivity contribution < 1.29 is 14.3 Å². The molecule has 0 aliphatic heterocycles. The van der Waals surface area contributed by atoms with Crippen LogP contribution in [0.3, 0.4) is 0 Å². The van der Waals surface area contributed by atoms with Crippen molar-refractivity contribution in [1.82, 2.24) is 5.43 Å². The van der Waals surface area contributed by atoms with E-state index in [2.05, 4.69) is 15.8 Å². The number of rotatable bonds is 7. The van der Waals surface area contributed by atoms with Crippen molar-refractivity contribution in [3.8, 4) is 11.5 Å². The molecule has 0 heterocycles. The molecular weight excluding hydrogens is 330 g/mol. The number of benzene rings is 2. The second-order valence-corrected chi connectivity index (χ2v) is 5.21. The van der Waals surface area contributed by atoms with Crippen LogP contribution in [-0.4, -0.2) is 32.9 Å². The highest BCUT2D eigenvalue weighted by Crippen LogP contribution is 2.26. The Morgan fingerprint density at radius 3 is 2.67 bits per heavy atom. The summed E-state index contributed by atoms with van der Waals surface area (Å²) < 4.78 is 10.4. The zero-order valence-corrected chi connectivity index (χ0v) is 14.1. The van der Waals surface area contributed by atoms with Crippen LogP contribution in [-0.2, 0) is 4.79 Å². The Bertz CT molecular complexity index is 735. The largest absolute Gasteiger partial charge is 0.493 e. The molecule has 0 saturated carbocycles. The van der Waals surface area contributed by atoms with Crippen molar-refractivity contribution in [2.24, 2.45) is 5.10 Å². The molecule has 0 aromatic heterocycles. The van der Waals surface area contributed by atoms with Gasteiger partial charge in [0.15, 0.2) is 11.5 Å². The molecule has 2 rings (SSSR count). The highest BCUT2D eigenvalue weighted by Gasteiger charge is 2.03. The van der Waals surface area contributed by atoms with E-state index in [0.29, 0.717) is 16.5 Å². The third kappa shape index (κ3) is 5.17. The molecule has 0 aliphatic carbocycles. The van der Waals surface area contributed by atoms with E-state index >= 15 is 0 Å². The Morgan fingerprint density at radius 1 is 1.17 bits per heavy atom. The van der Waals surface area contributed by atoms with Gasteiger partial charge in [0.2, 0.25) is 0 Å². The van der Waals surface area contributed by atoms with Gasteiger partial charge in [-0.3, -0.25) is 4.79 Å². The Hall–Kier alpha value is -2.73. The Morgan fingerprint density at radius 2 is 1.96 bits per heavy atom. The van der Waals surface area contributed by atoms with Crippen molar-refractivity contribution in [1.29, 1.82) is 0 Å². The van der Waals surface area contributed by atoms with Gasteiger partial charge in [0, 0.05) is 10.7 Å². The topological polar surface area (TPSA) is 72.0 Å². The smallest absolute Gasteiger partial charge is 0.259 e. The number of hydrazone groups is 1. The number of halogens is 1. The second-order valence-electron chi connectivity index (χ2n) is 4.77. The van der Waals surface area contributed by atoms with Crippen LogP contribution in [0.5, 0.6) is 11.5 Å². The number of amides is 1. The molecule has 1 amide bonds. The number of nitrogens with one attached hydrogen (secondary N) is 2. The summed E-state index contributed by atoms with van der Waals surface area (Å²) in [4.78, 5) is 11.8. The lowest BCUT2D eigenvalue weighted by atomic mass is 10.2. The van der Waals surface area contributed by atoms with Gasteiger partial charge in [-0.2, -0.15) is 5.10 Å². The molecule has 0 atom stereocenters. The third-order valence-corrected chi connectivity index (χ3v) is 3.32. The van der Waals surface area contributed by atoms with Crippen molar-refractivity contribution in [2.75, 3.05) is 26.1 Å². The number of ether oxygens (including phenoxy) is 2. The summed E-state index contributed by atoms with van der Waals surface area (Å²) in [6.45, 7) is 0.0869. The van der Waals surface area contributed by atoms with Gasteiger partial charge < -0.3 is 14.8 Å². The van der Waals surface area contributed by atoms with Crippen LogP contribution >= 0.6 is 11.6 Å². The summed E-state index contributed by atoms with van der Waals surface area (Å²) in [6, 6.07) is 12.5. The van der Waals surface area contributed by atoms with Crippen LogP contribution in [0.4, 0.5) is 5.69 Å². The minimum absolute atomic E-state index is 0.0869. The summed E-state index contributed by atoms with van der Waals surface area (Å²) in [5.41, 5.74) is 3.98. The molecule has 0 unspecified atom stereocenters. The predicted molar refractivity (Wildman–Crippen MR) is 95.2 cm³/mol. The standard InChI is InChI=1S/C17H18ClN3O3/c1-23-15-7-6-12(8-16(15)24-2)10-20-21-17(22)11-19-14-5-3-4-13(18)9-14/h3-10,19H,11H2,1-2H3,(H,21,22)/b20-10-. The fourth-order valence-corrected chi connectivity index (χ4v) is 2.12. The molecule has 0 spiro atoms.